The smallest absolute Gasteiger partial charge is 0.343 e. The highest BCUT2D eigenvalue weighted by molar-refractivity contribution is 9.10. The Labute approximate surface area is 133 Å². The molecule has 0 aromatic heterocycles. The summed E-state index contributed by atoms with van der Waals surface area (Å²) in [5.41, 5.74) is 1.58. The van der Waals surface area contributed by atoms with Gasteiger partial charge in [-0.15, -0.1) is 0 Å². The maximum Gasteiger partial charge on any atom is 0.343 e. The Morgan fingerprint density at radius 2 is 1.76 bits per heavy atom. The molecular formula is C17H17BrO3. The van der Waals surface area contributed by atoms with Gasteiger partial charge in [-0.2, -0.15) is 0 Å². The molecule has 0 bridgehead atoms. The summed E-state index contributed by atoms with van der Waals surface area (Å²) in [6.07, 6.45) is 0.103. The minimum absolute atomic E-state index is 0.103. The number of halogens is 1. The fraction of sp³-hybridized carbons (Fsp3) is 0.235. The molecule has 2 aromatic rings. The molecule has 0 amide bonds. The van der Waals surface area contributed by atoms with E-state index < -0.39 is 5.97 Å². The van der Waals surface area contributed by atoms with E-state index in [1.165, 1.54) is 0 Å². The van der Waals surface area contributed by atoms with E-state index in [4.69, 9.17) is 9.47 Å². The van der Waals surface area contributed by atoms with Gasteiger partial charge in [0, 0.05) is 0 Å². The van der Waals surface area contributed by atoms with Gasteiger partial charge in [0.1, 0.15) is 11.5 Å². The second-order valence-electron chi connectivity index (χ2n) is 5.01. The molecule has 0 fully saturated rings. The molecule has 0 unspecified atom stereocenters. The molecule has 2 rings (SSSR count). The van der Waals surface area contributed by atoms with Crippen molar-refractivity contribution in [2.24, 2.45) is 0 Å². The molecule has 0 radical (unpaired) electrons. The van der Waals surface area contributed by atoms with Crippen molar-refractivity contribution in [1.82, 2.24) is 0 Å². The SMILES string of the molecule is Cc1ccc(OC(=O)c2ccc(OC(C)C)cc2)c(Br)c1. The van der Waals surface area contributed by atoms with Gasteiger partial charge in [0.05, 0.1) is 16.1 Å². The maximum atomic E-state index is 12.1. The fourth-order valence-electron chi connectivity index (χ4n) is 1.79. The standard InChI is InChI=1S/C17H17BrO3/c1-11(2)20-14-7-5-13(6-8-14)17(19)21-16-9-4-12(3)10-15(16)18/h4-11H,1-3H3. The molecule has 0 saturated carbocycles. The summed E-state index contributed by atoms with van der Waals surface area (Å²) in [5, 5.41) is 0. The first-order valence-electron chi connectivity index (χ1n) is 6.71. The van der Waals surface area contributed by atoms with Gasteiger partial charge in [-0.05, 0) is 78.7 Å². The predicted octanol–water partition coefficient (Wildman–Crippen LogP) is 4.76. The van der Waals surface area contributed by atoms with Gasteiger partial charge in [0.25, 0.3) is 0 Å². The average Bonchev–Trinajstić information content (AvgIpc) is 2.42. The number of hydrogen-bond acceptors (Lipinski definition) is 3. The first kappa shape index (κ1) is 15.6. The molecule has 21 heavy (non-hydrogen) atoms. The van der Waals surface area contributed by atoms with Crippen LogP contribution in [0, 0.1) is 6.92 Å². The van der Waals surface area contributed by atoms with E-state index in [9.17, 15) is 4.79 Å². The number of ether oxygens (including phenoxy) is 2. The molecule has 0 N–H and O–H groups in total. The van der Waals surface area contributed by atoms with Gasteiger partial charge in [0.2, 0.25) is 0 Å². The van der Waals surface area contributed by atoms with Crippen molar-refractivity contribution in [2.75, 3.05) is 0 Å². The summed E-state index contributed by atoms with van der Waals surface area (Å²) in [4.78, 5) is 12.1. The lowest BCUT2D eigenvalue weighted by Gasteiger charge is -2.10. The van der Waals surface area contributed by atoms with Crippen molar-refractivity contribution < 1.29 is 14.3 Å². The number of esters is 1. The first-order valence-corrected chi connectivity index (χ1v) is 7.50. The van der Waals surface area contributed by atoms with Gasteiger partial charge in [0.15, 0.2) is 0 Å². The van der Waals surface area contributed by atoms with E-state index >= 15 is 0 Å². The predicted molar refractivity (Wildman–Crippen MR) is 86.0 cm³/mol. The Bertz CT molecular complexity index is 633. The summed E-state index contributed by atoms with van der Waals surface area (Å²) < 4.78 is 11.7. The average molecular weight is 349 g/mol. The summed E-state index contributed by atoms with van der Waals surface area (Å²) in [6, 6.07) is 12.5. The number of benzene rings is 2. The molecule has 0 atom stereocenters. The Balaban J connectivity index is 2.09. The third-order valence-corrected chi connectivity index (χ3v) is 3.37. The van der Waals surface area contributed by atoms with E-state index in [2.05, 4.69) is 15.9 Å². The van der Waals surface area contributed by atoms with Crippen molar-refractivity contribution in [1.29, 1.82) is 0 Å². The van der Waals surface area contributed by atoms with Crippen LogP contribution in [0.3, 0.4) is 0 Å². The first-order chi connectivity index (χ1) is 9.95. The van der Waals surface area contributed by atoms with Crippen molar-refractivity contribution >= 4 is 21.9 Å². The zero-order valence-corrected chi connectivity index (χ0v) is 13.8. The van der Waals surface area contributed by atoms with Crippen LogP contribution in [0.1, 0.15) is 29.8 Å². The van der Waals surface area contributed by atoms with Gasteiger partial charge in [-0.25, -0.2) is 4.79 Å². The minimum Gasteiger partial charge on any atom is -0.491 e. The highest BCUT2D eigenvalue weighted by atomic mass is 79.9. The van der Waals surface area contributed by atoms with Crippen LogP contribution >= 0.6 is 15.9 Å². The molecular weight excluding hydrogens is 332 g/mol. The summed E-state index contributed by atoms with van der Waals surface area (Å²) in [5.74, 6) is 0.849. The van der Waals surface area contributed by atoms with Gasteiger partial charge in [-0.3, -0.25) is 0 Å². The second kappa shape index (κ2) is 6.76. The largest absolute Gasteiger partial charge is 0.491 e. The molecule has 0 spiro atoms. The summed E-state index contributed by atoms with van der Waals surface area (Å²) in [7, 11) is 0. The van der Waals surface area contributed by atoms with Crippen molar-refractivity contribution in [3.05, 3.63) is 58.1 Å². The molecule has 0 aliphatic carbocycles. The molecule has 3 nitrogen and oxygen atoms in total. The molecule has 4 heteroatoms. The van der Waals surface area contributed by atoms with Crippen molar-refractivity contribution in [2.45, 2.75) is 26.9 Å². The normalized spacial score (nSPS) is 10.5. The van der Waals surface area contributed by atoms with Crippen molar-refractivity contribution in [3.8, 4) is 11.5 Å². The Morgan fingerprint density at radius 3 is 2.33 bits per heavy atom. The Hall–Kier alpha value is -1.81. The summed E-state index contributed by atoms with van der Waals surface area (Å²) >= 11 is 3.39. The zero-order valence-electron chi connectivity index (χ0n) is 12.2. The van der Waals surface area contributed by atoms with Crippen LogP contribution in [0.5, 0.6) is 11.5 Å². The number of aryl methyl sites for hydroxylation is 1. The van der Waals surface area contributed by atoms with Crippen molar-refractivity contribution in [3.63, 3.8) is 0 Å². The van der Waals surface area contributed by atoms with E-state index in [1.54, 1.807) is 30.3 Å². The maximum absolute atomic E-state index is 12.1. The Kier molecular flexibility index (Phi) is 5.02. The van der Waals surface area contributed by atoms with Crippen LogP contribution in [0.25, 0.3) is 0 Å². The third-order valence-electron chi connectivity index (χ3n) is 2.75. The van der Waals surface area contributed by atoms with Gasteiger partial charge >= 0.3 is 5.97 Å². The Morgan fingerprint density at radius 1 is 1.10 bits per heavy atom. The van der Waals surface area contributed by atoms with Crippen LogP contribution in [0.4, 0.5) is 0 Å². The van der Waals surface area contributed by atoms with E-state index in [0.717, 1.165) is 15.8 Å². The van der Waals surface area contributed by atoms with E-state index in [0.29, 0.717) is 11.3 Å². The zero-order chi connectivity index (χ0) is 15.4. The lowest BCUT2D eigenvalue weighted by molar-refractivity contribution is 0.0733. The number of carbonyl (C=O) groups is 1. The molecule has 0 aliphatic heterocycles. The molecule has 110 valence electrons. The van der Waals surface area contributed by atoms with Gasteiger partial charge in [-0.1, -0.05) is 6.07 Å². The number of hydrogen-bond donors (Lipinski definition) is 0. The quantitative estimate of drug-likeness (QED) is 0.590. The van der Waals surface area contributed by atoms with Crippen LogP contribution in [-0.4, -0.2) is 12.1 Å². The van der Waals surface area contributed by atoms with Crippen LogP contribution in [-0.2, 0) is 0 Å². The molecule has 0 aliphatic rings. The third kappa shape index (κ3) is 4.33. The highest BCUT2D eigenvalue weighted by Gasteiger charge is 2.11. The molecule has 2 aromatic carbocycles. The monoisotopic (exact) mass is 348 g/mol. The second-order valence-corrected chi connectivity index (χ2v) is 5.87. The lowest BCUT2D eigenvalue weighted by atomic mass is 10.2. The highest BCUT2D eigenvalue weighted by Crippen LogP contribution is 2.26. The van der Waals surface area contributed by atoms with Crippen LogP contribution < -0.4 is 9.47 Å². The fourth-order valence-corrected chi connectivity index (χ4v) is 2.36. The minimum atomic E-state index is -0.393. The van der Waals surface area contributed by atoms with Crippen LogP contribution in [0.15, 0.2) is 46.9 Å². The van der Waals surface area contributed by atoms with E-state index in [-0.39, 0.29) is 6.10 Å². The topological polar surface area (TPSA) is 35.5 Å². The van der Waals surface area contributed by atoms with E-state index in [1.807, 2.05) is 32.9 Å². The number of rotatable bonds is 4. The lowest BCUT2D eigenvalue weighted by Crippen LogP contribution is -2.09. The van der Waals surface area contributed by atoms with Crippen LogP contribution in [0.2, 0.25) is 0 Å². The van der Waals surface area contributed by atoms with Gasteiger partial charge < -0.3 is 9.47 Å². The molecule has 0 heterocycles. The molecule has 0 saturated heterocycles. The summed E-state index contributed by atoms with van der Waals surface area (Å²) in [6.45, 7) is 5.89. The number of carbonyl (C=O) groups excluding carboxylic acids is 1.